The summed E-state index contributed by atoms with van der Waals surface area (Å²) in [5.74, 6) is -1.19. The van der Waals surface area contributed by atoms with E-state index in [1.54, 1.807) is 12.1 Å². The van der Waals surface area contributed by atoms with E-state index < -0.39 is 12.1 Å². The molecule has 0 radical (unpaired) electrons. The van der Waals surface area contributed by atoms with E-state index in [4.69, 9.17) is 4.42 Å². The first kappa shape index (κ1) is 18.0. The predicted octanol–water partition coefficient (Wildman–Crippen LogP) is 5.14. The van der Waals surface area contributed by atoms with Gasteiger partial charge >= 0.3 is 12.1 Å². The van der Waals surface area contributed by atoms with Crippen LogP contribution in [0.1, 0.15) is 25.3 Å². The molecule has 4 nitrogen and oxygen atoms in total. The molecule has 0 saturated carbocycles. The van der Waals surface area contributed by atoms with Gasteiger partial charge in [-0.1, -0.05) is 19.9 Å². The Morgan fingerprint density at radius 1 is 1.12 bits per heavy atom. The quantitative estimate of drug-likeness (QED) is 0.648. The molecule has 3 aromatic rings. The summed E-state index contributed by atoms with van der Waals surface area (Å²) in [5, 5.41) is 0. The van der Waals surface area contributed by atoms with E-state index in [9.17, 15) is 18.0 Å². The van der Waals surface area contributed by atoms with E-state index in [-0.39, 0.29) is 5.69 Å². The Morgan fingerprint density at radius 2 is 1.77 bits per heavy atom. The fraction of sp³-hybridized carbons (Fsp3) is 0.263. The lowest BCUT2D eigenvalue weighted by Gasteiger charge is -2.18. The zero-order chi connectivity index (χ0) is 19.1. The number of rotatable bonds is 3. The van der Waals surface area contributed by atoms with Crippen molar-refractivity contribution in [2.75, 3.05) is 11.9 Å². The molecular weight excluding hydrogens is 345 g/mol. The number of aromatic nitrogens is 1. The first-order valence-electron chi connectivity index (χ1n) is 8.02. The van der Waals surface area contributed by atoms with Gasteiger partial charge in [0.25, 0.3) is 0 Å². The van der Waals surface area contributed by atoms with Crippen molar-refractivity contribution in [2.24, 2.45) is 0 Å². The topological polar surface area (TPSA) is 46.3 Å². The van der Waals surface area contributed by atoms with Gasteiger partial charge in [0.15, 0.2) is 5.58 Å². The normalized spacial score (nSPS) is 12.0. The molecule has 0 aliphatic carbocycles. The number of oxazole rings is 1. The number of hydrogen-bond donors (Lipinski definition) is 0. The van der Waals surface area contributed by atoms with Gasteiger partial charge in [-0.05, 0) is 47.9 Å². The second kappa shape index (κ2) is 6.48. The van der Waals surface area contributed by atoms with Crippen LogP contribution in [-0.4, -0.2) is 24.1 Å². The highest BCUT2D eigenvalue weighted by Gasteiger charge is 2.41. The monoisotopic (exact) mass is 362 g/mol. The van der Waals surface area contributed by atoms with Crippen LogP contribution in [0.2, 0.25) is 0 Å². The van der Waals surface area contributed by atoms with E-state index in [1.807, 2.05) is 18.2 Å². The molecular formula is C19H17F3N2O2. The van der Waals surface area contributed by atoms with Crippen LogP contribution in [-0.2, 0) is 4.79 Å². The highest BCUT2D eigenvalue weighted by Crippen LogP contribution is 2.29. The van der Waals surface area contributed by atoms with Crippen molar-refractivity contribution in [1.29, 1.82) is 0 Å². The third-order valence-electron chi connectivity index (χ3n) is 4.13. The summed E-state index contributed by atoms with van der Waals surface area (Å²) < 4.78 is 43.3. The number of nitrogens with zero attached hydrogens (tertiary/aromatic N) is 2. The second-order valence-corrected chi connectivity index (χ2v) is 6.31. The van der Waals surface area contributed by atoms with Crippen LogP contribution in [0.3, 0.4) is 0 Å². The van der Waals surface area contributed by atoms with Gasteiger partial charge in [0.05, 0.1) is 0 Å². The van der Waals surface area contributed by atoms with Crippen molar-refractivity contribution in [3.63, 3.8) is 0 Å². The Kier molecular flexibility index (Phi) is 4.48. The van der Waals surface area contributed by atoms with Crippen molar-refractivity contribution in [1.82, 2.24) is 4.98 Å². The van der Waals surface area contributed by atoms with Gasteiger partial charge in [-0.3, -0.25) is 4.79 Å². The SMILES string of the molecule is CC(C)c1ccc2oc(-c3ccc(N(C)C(=O)C(F)(F)F)cc3)nc2c1. The van der Waals surface area contributed by atoms with Gasteiger partial charge < -0.3 is 9.32 Å². The maximum Gasteiger partial charge on any atom is 0.471 e. The average molecular weight is 362 g/mol. The molecule has 3 rings (SSSR count). The standard InChI is InChI=1S/C19H17F3N2O2/c1-11(2)13-6-9-16-15(10-13)23-17(26-16)12-4-7-14(8-5-12)24(3)18(25)19(20,21)22/h4-11H,1-3H3. The fourth-order valence-corrected chi connectivity index (χ4v) is 2.56. The summed E-state index contributed by atoms with van der Waals surface area (Å²) >= 11 is 0. The largest absolute Gasteiger partial charge is 0.471 e. The van der Waals surface area contributed by atoms with Crippen LogP contribution in [0.5, 0.6) is 0 Å². The van der Waals surface area contributed by atoms with E-state index in [0.29, 0.717) is 27.9 Å². The number of fused-ring (bicyclic) bond motifs is 1. The molecule has 0 atom stereocenters. The van der Waals surface area contributed by atoms with Crippen molar-refractivity contribution in [3.8, 4) is 11.5 Å². The van der Waals surface area contributed by atoms with Crippen LogP contribution in [0.4, 0.5) is 18.9 Å². The minimum Gasteiger partial charge on any atom is -0.436 e. The zero-order valence-electron chi connectivity index (χ0n) is 14.5. The Balaban J connectivity index is 1.89. The Hall–Kier alpha value is -2.83. The molecule has 0 saturated heterocycles. The molecule has 0 aliphatic heterocycles. The lowest BCUT2D eigenvalue weighted by Crippen LogP contribution is -2.38. The highest BCUT2D eigenvalue weighted by atomic mass is 19.4. The molecule has 1 amide bonds. The molecule has 0 bridgehead atoms. The van der Waals surface area contributed by atoms with Gasteiger partial charge in [-0.2, -0.15) is 13.2 Å². The summed E-state index contributed by atoms with van der Waals surface area (Å²) in [5.41, 5.74) is 3.25. The van der Waals surface area contributed by atoms with Crippen molar-refractivity contribution < 1.29 is 22.4 Å². The van der Waals surface area contributed by atoms with E-state index in [0.717, 1.165) is 18.1 Å². The number of carbonyl (C=O) groups is 1. The van der Waals surface area contributed by atoms with Crippen LogP contribution in [0.25, 0.3) is 22.6 Å². The van der Waals surface area contributed by atoms with Crippen molar-refractivity contribution in [2.45, 2.75) is 25.9 Å². The molecule has 0 unspecified atom stereocenters. The third-order valence-corrected chi connectivity index (χ3v) is 4.13. The van der Waals surface area contributed by atoms with E-state index in [2.05, 4.69) is 18.8 Å². The molecule has 0 fully saturated rings. The maximum absolute atomic E-state index is 12.5. The summed E-state index contributed by atoms with van der Waals surface area (Å²) in [4.78, 5) is 16.3. The fourth-order valence-electron chi connectivity index (χ4n) is 2.56. The summed E-state index contributed by atoms with van der Waals surface area (Å²) in [6.45, 7) is 4.17. The van der Waals surface area contributed by atoms with Crippen LogP contribution < -0.4 is 4.90 Å². The average Bonchev–Trinajstić information content (AvgIpc) is 3.03. The zero-order valence-corrected chi connectivity index (χ0v) is 14.5. The molecule has 1 heterocycles. The highest BCUT2D eigenvalue weighted by molar-refractivity contribution is 5.97. The Bertz CT molecular complexity index is 944. The number of amides is 1. The molecule has 26 heavy (non-hydrogen) atoms. The molecule has 2 aromatic carbocycles. The van der Waals surface area contributed by atoms with Gasteiger partial charge in [-0.25, -0.2) is 4.98 Å². The molecule has 0 spiro atoms. The summed E-state index contributed by atoms with van der Waals surface area (Å²) in [6, 6.07) is 11.8. The second-order valence-electron chi connectivity index (χ2n) is 6.31. The minimum atomic E-state index is -4.91. The van der Waals surface area contributed by atoms with Crippen molar-refractivity contribution in [3.05, 3.63) is 48.0 Å². The molecule has 1 aromatic heterocycles. The van der Waals surface area contributed by atoms with E-state index in [1.165, 1.54) is 12.1 Å². The minimum absolute atomic E-state index is 0.134. The molecule has 136 valence electrons. The van der Waals surface area contributed by atoms with Gasteiger partial charge in [-0.15, -0.1) is 0 Å². The third kappa shape index (κ3) is 3.42. The number of alkyl halides is 3. The van der Waals surface area contributed by atoms with Gasteiger partial charge in [0.2, 0.25) is 5.89 Å². The molecule has 0 N–H and O–H groups in total. The van der Waals surface area contributed by atoms with Gasteiger partial charge in [0, 0.05) is 18.3 Å². The molecule has 0 aliphatic rings. The van der Waals surface area contributed by atoms with Crippen LogP contribution in [0, 0.1) is 0 Å². The maximum atomic E-state index is 12.5. The van der Waals surface area contributed by atoms with Crippen LogP contribution >= 0.6 is 0 Å². The van der Waals surface area contributed by atoms with Crippen LogP contribution in [0.15, 0.2) is 46.9 Å². The van der Waals surface area contributed by atoms with E-state index >= 15 is 0 Å². The summed E-state index contributed by atoms with van der Waals surface area (Å²) in [6.07, 6.45) is -4.91. The summed E-state index contributed by atoms with van der Waals surface area (Å²) in [7, 11) is 1.08. The predicted molar refractivity (Wildman–Crippen MR) is 93.0 cm³/mol. The first-order valence-corrected chi connectivity index (χ1v) is 8.02. The number of halogens is 3. The van der Waals surface area contributed by atoms with Gasteiger partial charge in [0.1, 0.15) is 5.52 Å². The number of anilines is 1. The first-order chi connectivity index (χ1) is 12.2. The van der Waals surface area contributed by atoms with Crippen molar-refractivity contribution >= 4 is 22.7 Å². The number of hydrogen-bond acceptors (Lipinski definition) is 3. The smallest absolute Gasteiger partial charge is 0.436 e. The lowest BCUT2D eigenvalue weighted by atomic mass is 10.0. The Labute approximate surface area is 148 Å². The number of carbonyl (C=O) groups excluding carboxylic acids is 1. The molecule has 7 heteroatoms. The Morgan fingerprint density at radius 3 is 2.35 bits per heavy atom. The lowest BCUT2D eigenvalue weighted by molar-refractivity contribution is -0.170. The number of benzene rings is 2.